The van der Waals surface area contributed by atoms with Crippen molar-refractivity contribution in [1.29, 1.82) is 0 Å². The summed E-state index contributed by atoms with van der Waals surface area (Å²) in [4.78, 5) is 11.9. The zero-order valence-electron chi connectivity index (χ0n) is 15.7. The second-order valence-electron chi connectivity index (χ2n) is 7.03. The van der Waals surface area contributed by atoms with Gasteiger partial charge in [-0.1, -0.05) is 45.0 Å². The molecule has 0 aliphatic carbocycles. The molecule has 0 bridgehead atoms. The average Bonchev–Trinajstić information content (AvgIpc) is 2.52. The van der Waals surface area contributed by atoms with E-state index in [4.69, 9.17) is 9.47 Å². The molecule has 0 N–H and O–H groups in total. The van der Waals surface area contributed by atoms with Gasteiger partial charge in [0.15, 0.2) is 0 Å². The van der Waals surface area contributed by atoms with Crippen LogP contribution in [-0.2, 0) is 15.1 Å². The Labute approximate surface area is 147 Å². The molecule has 0 fully saturated rings. The van der Waals surface area contributed by atoms with E-state index < -0.39 is 23.5 Å². The van der Waals surface area contributed by atoms with Crippen molar-refractivity contribution in [3.63, 3.8) is 0 Å². The van der Waals surface area contributed by atoms with Gasteiger partial charge in [0.05, 0.1) is 0 Å². The van der Waals surface area contributed by atoms with Crippen molar-refractivity contribution in [1.82, 2.24) is 0 Å². The number of alkyl halides is 3. The summed E-state index contributed by atoms with van der Waals surface area (Å²) in [7, 11) is 0. The summed E-state index contributed by atoms with van der Waals surface area (Å²) < 4.78 is 50.8. The molecule has 0 heterocycles. The first kappa shape index (κ1) is 21.3. The molecule has 1 aromatic carbocycles. The molecule has 2 unspecified atom stereocenters. The highest BCUT2D eigenvalue weighted by molar-refractivity contribution is 5.61. The van der Waals surface area contributed by atoms with Crippen LogP contribution in [0.2, 0.25) is 0 Å². The number of carbonyl (C=O) groups excluding carboxylic acids is 1. The van der Waals surface area contributed by atoms with Crippen molar-refractivity contribution < 1.29 is 27.4 Å². The number of ether oxygens (including phenoxy) is 2. The molecule has 0 saturated heterocycles. The molecule has 0 amide bonds. The van der Waals surface area contributed by atoms with Crippen LogP contribution in [0.3, 0.4) is 0 Å². The first-order valence-corrected chi connectivity index (χ1v) is 8.45. The van der Waals surface area contributed by atoms with E-state index in [-0.39, 0.29) is 11.5 Å². The lowest BCUT2D eigenvalue weighted by Crippen LogP contribution is -2.45. The maximum Gasteiger partial charge on any atom is 0.510 e. The van der Waals surface area contributed by atoms with Crippen LogP contribution in [0.15, 0.2) is 24.3 Å². The van der Waals surface area contributed by atoms with Gasteiger partial charge in [-0.15, -0.1) is 0 Å². The summed E-state index contributed by atoms with van der Waals surface area (Å²) in [6.45, 7) is 9.83. The van der Waals surface area contributed by atoms with Crippen LogP contribution in [0, 0.1) is 0 Å². The predicted octanol–water partition coefficient (Wildman–Crippen LogP) is 6.32. The van der Waals surface area contributed by atoms with Crippen molar-refractivity contribution in [2.24, 2.45) is 0 Å². The number of rotatable bonds is 6. The van der Waals surface area contributed by atoms with Gasteiger partial charge in [0.2, 0.25) is 5.60 Å². The minimum atomic E-state index is -4.78. The second-order valence-corrected chi connectivity index (χ2v) is 7.03. The van der Waals surface area contributed by atoms with E-state index >= 15 is 0 Å². The van der Waals surface area contributed by atoms with Crippen LogP contribution < -0.4 is 0 Å². The molecule has 0 saturated carbocycles. The molecular weight excluding hydrogens is 333 g/mol. The Bertz CT molecular complexity index is 579. The second kappa shape index (κ2) is 7.67. The first-order chi connectivity index (χ1) is 11.4. The standard InChI is InChI=1S/C19H27F3O3/c1-7-13(3)14-9-11-15(12-10-14)18(6,19(20,21)22)25-16(23)24-17(4,5)8-2/h9-13H,7-8H2,1-6H3. The van der Waals surface area contributed by atoms with E-state index in [9.17, 15) is 18.0 Å². The molecule has 25 heavy (non-hydrogen) atoms. The van der Waals surface area contributed by atoms with Gasteiger partial charge in [-0.25, -0.2) is 4.79 Å². The SMILES string of the molecule is CCC(C)c1ccc(C(C)(OC(=O)OC(C)(C)CC)C(F)(F)F)cc1. The maximum absolute atomic E-state index is 13.7. The molecule has 1 rings (SSSR count). The normalized spacial score (nSPS) is 16.0. The molecule has 2 atom stereocenters. The van der Waals surface area contributed by atoms with Crippen molar-refractivity contribution in [2.45, 2.75) is 77.7 Å². The van der Waals surface area contributed by atoms with Crippen LogP contribution in [0.1, 0.15) is 71.4 Å². The summed E-state index contributed by atoms with van der Waals surface area (Å²) in [5.41, 5.74) is -2.88. The van der Waals surface area contributed by atoms with Crippen LogP contribution >= 0.6 is 0 Å². The number of carbonyl (C=O) groups is 1. The number of halogens is 3. The zero-order valence-corrected chi connectivity index (χ0v) is 15.7. The third-order valence-electron chi connectivity index (χ3n) is 4.68. The lowest BCUT2D eigenvalue weighted by atomic mass is 9.91. The lowest BCUT2D eigenvalue weighted by molar-refractivity contribution is -0.265. The largest absolute Gasteiger partial charge is 0.510 e. The minimum absolute atomic E-state index is 0.140. The van der Waals surface area contributed by atoms with E-state index in [0.717, 1.165) is 18.9 Å². The lowest BCUT2D eigenvalue weighted by Gasteiger charge is -2.33. The molecule has 0 aliphatic heterocycles. The van der Waals surface area contributed by atoms with Crippen LogP contribution in [0.4, 0.5) is 18.0 Å². The summed E-state index contributed by atoms with van der Waals surface area (Å²) >= 11 is 0. The van der Waals surface area contributed by atoms with E-state index in [0.29, 0.717) is 6.42 Å². The average molecular weight is 360 g/mol. The molecule has 0 spiro atoms. The Morgan fingerprint density at radius 3 is 1.96 bits per heavy atom. The van der Waals surface area contributed by atoms with Gasteiger partial charge in [-0.05, 0) is 45.1 Å². The highest BCUT2D eigenvalue weighted by Crippen LogP contribution is 2.42. The van der Waals surface area contributed by atoms with Gasteiger partial charge in [-0.3, -0.25) is 0 Å². The Morgan fingerprint density at radius 1 is 1.04 bits per heavy atom. The fourth-order valence-corrected chi connectivity index (χ4v) is 2.13. The summed E-state index contributed by atoms with van der Waals surface area (Å²) in [6, 6.07) is 5.98. The maximum atomic E-state index is 13.7. The van der Waals surface area contributed by atoms with Gasteiger partial charge in [0.1, 0.15) is 5.60 Å². The Kier molecular flexibility index (Phi) is 6.54. The molecular formula is C19H27F3O3. The van der Waals surface area contributed by atoms with Crippen molar-refractivity contribution in [3.05, 3.63) is 35.4 Å². The third kappa shape index (κ3) is 5.13. The van der Waals surface area contributed by atoms with Crippen LogP contribution in [0.5, 0.6) is 0 Å². The molecule has 6 heteroatoms. The number of hydrogen-bond acceptors (Lipinski definition) is 3. The molecule has 0 radical (unpaired) electrons. The smallest absolute Gasteiger partial charge is 0.428 e. The third-order valence-corrected chi connectivity index (χ3v) is 4.68. The summed E-state index contributed by atoms with van der Waals surface area (Å²) in [5.74, 6) is 0.238. The van der Waals surface area contributed by atoms with Crippen LogP contribution in [-0.4, -0.2) is 17.9 Å². The molecule has 1 aromatic rings. The van der Waals surface area contributed by atoms with Gasteiger partial charge in [0.25, 0.3) is 0 Å². The van der Waals surface area contributed by atoms with Crippen LogP contribution in [0.25, 0.3) is 0 Å². The summed E-state index contributed by atoms with van der Waals surface area (Å²) in [5, 5.41) is 0. The van der Waals surface area contributed by atoms with Gasteiger partial charge >= 0.3 is 12.3 Å². The Balaban J connectivity index is 3.13. The van der Waals surface area contributed by atoms with E-state index in [1.807, 2.05) is 13.8 Å². The van der Waals surface area contributed by atoms with Crippen molar-refractivity contribution in [3.8, 4) is 0 Å². The van der Waals surface area contributed by atoms with E-state index in [1.54, 1.807) is 32.9 Å². The van der Waals surface area contributed by atoms with Crippen molar-refractivity contribution in [2.75, 3.05) is 0 Å². The van der Waals surface area contributed by atoms with E-state index in [2.05, 4.69) is 0 Å². The Hall–Kier alpha value is -1.72. The fourth-order valence-electron chi connectivity index (χ4n) is 2.13. The van der Waals surface area contributed by atoms with E-state index in [1.165, 1.54) is 12.1 Å². The Morgan fingerprint density at radius 2 is 1.56 bits per heavy atom. The van der Waals surface area contributed by atoms with Gasteiger partial charge in [0, 0.05) is 5.56 Å². The molecule has 142 valence electrons. The molecule has 3 nitrogen and oxygen atoms in total. The topological polar surface area (TPSA) is 35.5 Å². The predicted molar refractivity (Wildman–Crippen MR) is 90.5 cm³/mol. The van der Waals surface area contributed by atoms with Gasteiger partial charge < -0.3 is 9.47 Å². The highest BCUT2D eigenvalue weighted by Gasteiger charge is 2.56. The first-order valence-electron chi connectivity index (χ1n) is 8.45. The zero-order chi connectivity index (χ0) is 19.5. The number of benzene rings is 1. The number of hydrogen-bond donors (Lipinski definition) is 0. The fraction of sp³-hybridized carbons (Fsp3) is 0.632. The monoisotopic (exact) mass is 360 g/mol. The minimum Gasteiger partial charge on any atom is -0.428 e. The molecule has 0 aromatic heterocycles. The van der Waals surface area contributed by atoms with Gasteiger partial charge in [-0.2, -0.15) is 13.2 Å². The molecule has 0 aliphatic rings. The highest BCUT2D eigenvalue weighted by atomic mass is 19.4. The summed E-state index contributed by atoms with van der Waals surface area (Å²) in [6.07, 6.45) is -4.78. The van der Waals surface area contributed by atoms with Crippen molar-refractivity contribution >= 4 is 6.16 Å². The quantitative estimate of drug-likeness (QED) is 0.557.